The number of halogens is 3. The van der Waals surface area contributed by atoms with Crippen LogP contribution in [0.25, 0.3) is 11.1 Å². The van der Waals surface area contributed by atoms with Crippen molar-refractivity contribution in [2.24, 2.45) is 5.92 Å². The molecule has 124 valence electrons. The van der Waals surface area contributed by atoms with E-state index in [1.165, 1.54) is 0 Å². The zero-order valence-electron chi connectivity index (χ0n) is 12.6. The zero-order valence-corrected chi connectivity index (χ0v) is 15.0. The van der Waals surface area contributed by atoms with Crippen LogP contribution in [0.15, 0.2) is 48.5 Å². The van der Waals surface area contributed by atoms with Crippen molar-refractivity contribution in [3.8, 4) is 11.1 Å². The number of benzene rings is 2. The average molecular weight is 373 g/mol. The third-order valence-electron chi connectivity index (χ3n) is 4.04. The Balaban J connectivity index is 0.00000132. The molecule has 5 heteroatoms. The van der Waals surface area contributed by atoms with Crippen molar-refractivity contribution in [1.29, 1.82) is 0 Å². The van der Waals surface area contributed by atoms with Crippen molar-refractivity contribution in [3.05, 3.63) is 59.1 Å². The van der Waals surface area contributed by atoms with Crippen molar-refractivity contribution in [1.82, 2.24) is 5.32 Å². The van der Waals surface area contributed by atoms with E-state index in [1.807, 2.05) is 48.5 Å². The summed E-state index contributed by atoms with van der Waals surface area (Å²) in [5.41, 5.74) is 2.97. The maximum atomic E-state index is 12.5. The Bertz CT molecular complexity index is 637. The summed E-state index contributed by atoms with van der Waals surface area (Å²) in [6.07, 6.45) is 1.88. The van der Waals surface area contributed by atoms with Crippen LogP contribution >= 0.6 is 36.4 Å². The van der Waals surface area contributed by atoms with Gasteiger partial charge in [-0.2, -0.15) is 0 Å². The van der Waals surface area contributed by atoms with Gasteiger partial charge < -0.3 is 5.32 Å². The SMILES string of the molecule is Cl.Cl.O=C(c1ccc(-c2cccc(Cl)c2)cc1)C1CCNCC1. The standard InChI is InChI=1S/C18H18ClNO.2ClH/c19-17-3-1-2-16(12-17)13-4-6-14(7-5-13)18(21)15-8-10-20-11-9-15;;/h1-7,12,15,20H,8-11H2;2*1H. The van der Waals surface area contributed by atoms with Crippen LogP contribution < -0.4 is 5.32 Å². The molecule has 1 N–H and O–H groups in total. The number of carbonyl (C=O) groups excluding carboxylic acids is 1. The van der Waals surface area contributed by atoms with E-state index in [0.717, 1.165) is 47.6 Å². The number of nitrogens with one attached hydrogen (secondary N) is 1. The molecule has 2 aromatic carbocycles. The molecule has 2 aromatic rings. The molecule has 1 fully saturated rings. The lowest BCUT2D eigenvalue weighted by Gasteiger charge is -2.21. The van der Waals surface area contributed by atoms with Gasteiger partial charge in [-0.05, 0) is 49.2 Å². The predicted molar refractivity (Wildman–Crippen MR) is 101 cm³/mol. The zero-order chi connectivity index (χ0) is 14.7. The number of hydrogen-bond donors (Lipinski definition) is 1. The summed E-state index contributed by atoms with van der Waals surface area (Å²) in [5.74, 6) is 0.442. The molecule has 1 aliphatic rings. The number of Topliss-reactive ketones (excluding diaryl/α,β-unsaturated/α-hetero) is 1. The molecule has 3 rings (SSSR count). The third kappa shape index (κ3) is 4.95. The Kier molecular flexibility index (Phi) is 8.07. The fourth-order valence-corrected chi connectivity index (χ4v) is 3.01. The molecule has 0 atom stereocenters. The van der Waals surface area contributed by atoms with Gasteiger partial charge in [0.25, 0.3) is 0 Å². The van der Waals surface area contributed by atoms with Crippen LogP contribution in [0.2, 0.25) is 5.02 Å². The van der Waals surface area contributed by atoms with Gasteiger partial charge in [-0.3, -0.25) is 4.79 Å². The summed E-state index contributed by atoms with van der Waals surface area (Å²) in [4.78, 5) is 12.5. The van der Waals surface area contributed by atoms with Crippen LogP contribution in [0.5, 0.6) is 0 Å². The summed E-state index contributed by atoms with van der Waals surface area (Å²) < 4.78 is 0. The van der Waals surface area contributed by atoms with E-state index >= 15 is 0 Å². The molecule has 0 unspecified atom stereocenters. The Labute approximate surface area is 154 Å². The second kappa shape index (κ2) is 9.29. The normalized spacial score (nSPS) is 14.5. The summed E-state index contributed by atoms with van der Waals surface area (Å²) in [6, 6.07) is 15.6. The maximum absolute atomic E-state index is 12.5. The molecule has 0 aliphatic carbocycles. The van der Waals surface area contributed by atoms with Gasteiger partial charge in [-0.25, -0.2) is 0 Å². The maximum Gasteiger partial charge on any atom is 0.166 e. The molecule has 0 amide bonds. The second-order valence-electron chi connectivity index (χ2n) is 5.48. The van der Waals surface area contributed by atoms with E-state index in [1.54, 1.807) is 0 Å². The van der Waals surface area contributed by atoms with Gasteiger partial charge in [0.15, 0.2) is 5.78 Å². The van der Waals surface area contributed by atoms with Crippen molar-refractivity contribution in [3.63, 3.8) is 0 Å². The first-order chi connectivity index (χ1) is 10.2. The molecule has 1 aliphatic heterocycles. The lowest BCUT2D eigenvalue weighted by atomic mass is 9.89. The third-order valence-corrected chi connectivity index (χ3v) is 4.27. The highest BCUT2D eigenvalue weighted by Gasteiger charge is 2.21. The molecule has 1 saturated heterocycles. The van der Waals surface area contributed by atoms with Gasteiger partial charge >= 0.3 is 0 Å². The van der Waals surface area contributed by atoms with Crippen LogP contribution in [0, 0.1) is 5.92 Å². The first-order valence-electron chi connectivity index (χ1n) is 7.35. The smallest absolute Gasteiger partial charge is 0.166 e. The van der Waals surface area contributed by atoms with E-state index in [9.17, 15) is 4.79 Å². The topological polar surface area (TPSA) is 29.1 Å². The number of hydrogen-bond acceptors (Lipinski definition) is 2. The first-order valence-corrected chi connectivity index (χ1v) is 7.73. The summed E-state index contributed by atoms with van der Waals surface area (Å²) >= 11 is 6.02. The minimum Gasteiger partial charge on any atom is -0.317 e. The van der Waals surface area contributed by atoms with Crippen molar-refractivity contribution >= 4 is 42.2 Å². The summed E-state index contributed by atoms with van der Waals surface area (Å²) in [7, 11) is 0. The number of ketones is 1. The Morgan fingerprint density at radius 3 is 2.22 bits per heavy atom. The largest absolute Gasteiger partial charge is 0.317 e. The van der Waals surface area contributed by atoms with Gasteiger partial charge in [0.2, 0.25) is 0 Å². The fourth-order valence-electron chi connectivity index (χ4n) is 2.81. The first kappa shape index (κ1) is 20.0. The summed E-state index contributed by atoms with van der Waals surface area (Å²) in [6.45, 7) is 1.88. The summed E-state index contributed by atoms with van der Waals surface area (Å²) in [5, 5.41) is 4.02. The Hall–Kier alpha value is -1.06. The van der Waals surface area contributed by atoms with Crippen LogP contribution in [-0.2, 0) is 0 Å². The molecular weight excluding hydrogens is 353 g/mol. The van der Waals surface area contributed by atoms with Gasteiger partial charge in [-0.15, -0.1) is 24.8 Å². The van der Waals surface area contributed by atoms with Crippen LogP contribution in [-0.4, -0.2) is 18.9 Å². The van der Waals surface area contributed by atoms with Crippen LogP contribution in [0.4, 0.5) is 0 Å². The molecule has 0 aromatic heterocycles. The van der Waals surface area contributed by atoms with E-state index < -0.39 is 0 Å². The molecule has 2 nitrogen and oxygen atoms in total. The molecular formula is C18H20Cl3NO. The minimum atomic E-state index is 0. The van der Waals surface area contributed by atoms with Gasteiger partial charge in [0, 0.05) is 16.5 Å². The van der Waals surface area contributed by atoms with Crippen LogP contribution in [0.1, 0.15) is 23.2 Å². The van der Waals surface area contributed by atoms with Crippen molar-refractivity contribution in [2.75, 3.05) is 13.1 Å². The van der Waals surface area contributed by atoms with Crippen LogP contribution in [0.3, 0.4) is 0 Å². The van der Waals surface area contributed by atoms with Crippen molar-refractivity contribution < 1.29 is 4.79 Å². The molecule has 0 saturated carbocycles. The van der Waals surface area contributed by atoms with E-state index in [2.05, 4.69) is 5.32 Å². The Morgan fingerprint density at radius 2 is 1.61 bits per heavy atom. The monoisotopic (exact) mass is 371 g/mol. The lowest BCUT2D eigenvalue weighted by Crippen LogP contribution is -2.31. The van der Waals surface area contributed by atoms with Gasteiger partial charge in [0.05, 0.1) is 0 Å². The number of rotatable bonds is 3. The van der Waals surface area contributed by atoms with E-state index in [4.69, 9.17) is 11.6 Å². The molecule has 1 heterocycles. The van der Waals surface area contributed by atoms with E-state index in [-0.39, 0.29) is 36.5 Å². The molecule has 0 radical (unpaired) electrons. The van der Waals surface area contributed by atoms with Gasteiger partial charge in [0.1, 0.15) is 0 Å². The Morgan fingerprint density at radius 1 is 0.957 bits per heavy atom. The van der Waals surface area contributed by atoms with Gasteiger partial charge in [-0.1, -0.05) is 48.0 Å². The molecule has 0 bridgehead atoms. The minimum absolute atomic E-state index is 0. The second-order valence-corrected chi connectivity index (χ2v) is 5.91. The fraction of sp³-hybridized carbons (Fsp3) is 0.278. The highest BCUT2D eigenvalue weighted by Crippen LogP contribution is 2.24. The quantitative estimate of drug-likeness (QED) is 0.765. The highest BCUT2D eigenvalue weighted by atomic mass is 35.5. The molecule has 23 heavy (non-hydrogen) atoms. The van der Waals surface area contributed by atoms with E-state index in [0.29, 0.717) is 0 Å². The number of carbonyl (C=O) groups is 1. The average Bonchev–Trinajstić information content (AvgIpc) is 2.55. The van der Waals surface area contributed by atoms with Crippen molar-refractivity contribution in [2.45, 2.75) is 12.8 Å². The predicted octanol–water partition coefficient (Wildman–Crippen LogP) is 5.03. The lowest BCUT2D eigenvalue weighted by molar-refractivity contribution is 0.0895. The number of piperidine rings is 1. The highest BCUT2D eigenvalue weighted by molar-refractivity contribution is 6.30. The molecule has 0 spiro atoms.